The molecule has 3 aromatic rings. The molecule has 256 valence electrons. The second-order valence-corrected chi connectivity index (χ2v) is 14.2. The number of piperidine rings is 1. The van der Waals surface area contributed by atoms with Crippen LogP contribution in [-0.4, -0.2) is 101 Å². The molecular weight excluding hydrogens is 610 g/mol. The van der Waals surface area contributed by atoms with Crippen molar-refractivity contribution in [3.8, 4) is 0 Å². The molecule has 0 spiro atoms. The average Bonchev–Trinajstić information content (AvgIpc) is 3.81. The predicted octanol–water partition coefficient (Wildman–Crippen LogP) is 4.68. The van der Waals surface area contributed by atoms with E-state index in [-0.39, 0.29) is 42.9 Å². The fourth-order valence-corrected chi connectivity index (χ4v) is 6.93. The molecule has 0 bridgehead atoms. The number of nitrogens with zero attached hydrogens (tertiary/aromatic N) is 4. The van der Waals surface area contributed by atoms with Gasteiger partial charge < -0.3 is 29.2 Å². The molecule has 2 fully saturated rings. The Kier molecular flexibility index (Phi) is 9.89. The maximum absolute atomic E-state index is 14.4. The Hall–Kier alpha value is -4.22. The number of rotatable bonds is 12. The number of likely N-dealkylation sites (tertiary alicyclic amines) is 1. The number of amides is 4. The van der Waals surface area contributed by atoms with Crippen molar-refractivity contribution in [2.75, 3.05) is 39.9 Å². The van der Waals surface area contributed by atoms with E-state index >= 15 is 0 Å². The summed E-state index contributed by atoms with van der Waals surface area (Å²) < 4.78 is 13.3. The van der Waals surface area contributed by atoms with Crippen molar-refractivity contribution in [3.05, 3.63) is 71.4 Å². The maximum Gasteiger partial charge on any atom is 0.410 e. The van der Waals surface area contributed by atoms with E-state index in [1.54, 1.807) is 36.3 Å². The Morgan fingerprint density at radius 2 is 1.65 bits per heavy atom. The molecule has 3 heterocycles. The lowest BCUT2D eigenvalue weighted by Gasteiger charge is -2.40. The molecule has 2 unspecified atom stereocenters. The van der Waals surface area contributed by atoms with E-state index in [9.17, 15) is 19.2 Å². The topological polar surface area (TPSA) is 113 Å². The SMILES string of the molecule is COCCCn1cc(CN(C(=O)C2CC(NCCN3C(=O)c4ccccc4C3=O)CN(C(=O)OC(C)(C)C)C2)C2CC2)c2ccccc21. The van der Waals surface area contributed by atoms with Gasteiger partial charge in [-0.2, -0.15) is 0 Å². The van der Waals surface area contributed by atoms with Crippen LogP contribution in [0.25, 0.3) is 10.9 Å². The number of nitrogens with one attached hydrogen (secondary N) is 1. The minimum absolute atomic E-state index is 0.0362. The summed E-state index contributed by atoms with van der Waals surface area (Å²) in [6.45, 7) is 8.66. The number of para-hydroxylation sites is 1. The van der Waals surface area contributed by atoms with Crippen molar-refractivity contribution in [1.82, 2.24) is 24.6 Å². The van der Waals surface area contributed by atoms with Crippen LogP contribution in [0.1, 0.15) is 72.7 Å². The van der Waals surface area contributed by atoms with E-state index in [0.29, 0.717) is 43.8 Å². The molecule has 0 radical (unpaired) electrons. The van der Waals surface area contributed by atoms with Crippen LogP contribution in [0.2, 0.25) is 0 Å². The zero-order valence-corrected chi connectivity index (χ0v) is 28.4. The first kappa shape index (κ1) is 33.7. The standard InChI is InChI=1S/C37H47N5O6/c1-37(2,3)48-36(46)40-21-25(20-27(24-40)38-16-18-41-34(44)30-11-5-6-12-31(30)35(41)45)33(43)42(28-14-15-28)23-26-22-39(17-9-19-47-4)32-13-8-7-10-29(26)32/h5-8,10-13,22,25,27-28,38H,9,14-21,23-24H2,1-4H3. The number of hydrogen-bond donors (Lipinski definition) is 1. The molecule has 6 rings (SSSR count). The van der Waals surface area contributed by atoms with Crippen molar-refractivity contribution in [1.29, 1.82) is 0 Å². The van der Waals surface area contributed by atoms with Gasteiger partial charge in [0, 0.05) is 82.2 Å². The third-order valence-corrected chi connectivity index (χ3v) is 9.33. The Balaban J connectivity index is 1.17. The molecule has 48 heavy (non-hydrogen) atoms. The van der Waals surface area contributed by atoms with Gasteiger partial charge in [0.05, 0.1) is 17.0 Å². The smallest absolute Gasteiger partial charge is 0.410 e. The highest BCUT2D eigenvalue weighted by atomic mass is 16.6. The van der Waals surface area contributed by atoms with Crippen LogP contribution in [0, 0.1) is 5.92 Å². The minimum Gasteiger partial charge on any atom is -0.444 e. The van der Waals surface area contributed by atoms with Gasteiger partial charge in [-0.15, -0.1) is 0 Å². The average molecular weight is 658 g/mol. The lowest BCUT2D eigenvalue weighted by Crippen LogP contribution is -2.56. The monoisotopic (exact) mass is 657 g/mol. The number of hydrogen-bond acceptors (Lipinski definition) is 7. The van der Waals surface area contributed by atoms with Gasteiger partial charge in [0.15, 0.2) is 0 Å². The first-order valence-electron chi connectivity index (χ1n) is 17.1. The van der Waals surface area contributed by atoms with Gasteiger partial charge in [0.1, 0.15) is 5.60 Å². The summed E-state index contributed by atoms with van der Waals surface area (Å²) in [4.78, 5) is 58.5. The van der Waals surface area contributed by atoms with Gasteiger partial charge in [-0.3, -0.25) is 19.3 Å². The van der Waals surface area contributed by atoms with Crippen LogP contribution >= 0.6 is 0 Å². The lowest BCUT2D eigenvalue weighted by molar-refractivity contribution is -0.138. The summed E-state index contributed by atoms with van der Waals surface area (Å²) in [5.41, 5.74) is 2.40. The quantitative estimate of drug-likeness (QED) is 0.222. The zero-order valence-electron chi connectivity index (χ0n) is 28.4. The molecule has 2 atom stereocenters. The summed E-state index contributed by atoms with van der Waals surface area (Å²) in [6.07, 6.45) is 5.06. The molecule has 3 aliphatic rings. The Labute approximate surface area is 282 Å². The number of carbonyl (C=O) groups excluding carboxylic acids is 4. The first-order valence-corrected chi connectivity index (χ1v) is 17.1. The molecule has 11 nitrogen and oxygen atoms in total. The fourth-order valence-electron chi connectivity index (χ4n) is 6.93. The Morgan fingerprint density at radius 1 is 0.958 bits per heavy atom. The van der Waals surface area contributed by atoms with E-state index in [2.05, 4.69) is 28.2 Å². The first-order chi connectivity index (χ1) is 23.0. The highest BCUT2D eigenvalue weighted by Crippen LogP contribution is 2.34. The molecule has 4 amide bonds. The number of methoxy groups -OCH3 is 1. The second kappa shape index (κ2) is 14.1. The van der Waals surface area contributed by atoms with Gasteiger partial charge in [-0.05, 0) is 70.2 Å². The molecule has 1 aliphatic carbocycles. The maximum atomic E-state index is 14.4. The molecule has 1 saturated carbocycles. The number of aryl methyl sites for hydroxylation is 1. The number of imide groups is 1. The summed E-state index contributed by atoms with van der Waals surface area (Å²) in [5, 5.41) is 4.59. The lowest BCUT2D eigenvalue weighted by atomic mass is 9.92. The Morgan fingerprint density at radius 3 is 2.31 bits per heavy atom. The van der Waals surface area contributed by atoms with E-state index < -0.39 is 17.6 Å². The van der Waals surface area contributed by atoms with Gasteiger partial charge in [-0.25, -0.2) is 4.79 Å². The molecule has 1 aromatic heterocycles. The van der Waals surface area contributed by atoms with Crippen molar-refractivity contribution >= 4 is 34.7 Å². The zero-order chi connectivity index (χ0) is 34.0. The van der Waals surface area contributed by atoms with Crippen molar-refractivity contribution in [3.63, 3.8) is 0 Å². The highest BCUT2D eigenvalue weighted by Gasteiger charge is 2.42. The van der Waals surface area contributed by atoms with E-state index in [4.69, 9.17) is 9.47 Å². The Bertz CT molecular complexity index is 1640. The van der Waals surface area contributed by atoms with Crippen LogP contribution in [0.3, 0.4) is 0 Å². The largest absolute Gasteiger partial charge is 0.444 e. The molecular formula is C37H47N5O6. The van der Waals surface area contributed by atoms with E-state index in [1.165, 1.54) is 4.90 Å². The second-order valence-electron chi connectivity index (χ2n) is 14.2. The summed E-state index contributed by atoms with van der Waals surface area (Å²) in [6, 6.07) is 15.1. The number of benzene rings is 2. The predicted molar refractivity (Wildman–Crippen MR) is 182 cm³/mol. The summed E-state index contributed by atoms with van der Waals surface area (Å²) in [7, 11) is 1.71. The third kappa shape index (κ3) is 7.42. The van der Waals surface area contributed by atoms with E-state index in [0.717, 1.165) is 42.3 Å². The molecule has 2 aromatic carbocycles. The fraction of sp³-hybridized carbons (Fsp3) is 0.514. The van der Waals surface area contributed by atoms with Crippen molar-refractivity contribution in [2.45, 2.75) is 77.2 Å². The van der Waals surface area contributed by atoms with E-state index in [1.807, 2.05) is 37.8 Å². The highest BCUT2D eigenvalue weighted by molar-refractivity contribution is 6.21. The van der Waals surface area contributed by atoms with Crippen LogP contribution < -0.4 is 5.32 Å². The van der Waals surface area contributed by atoms with Gasteiger partial charge in [0.2, 0.25) is 5.91 Å². The number of ether oxygens (including phenoxy) is 2. The molecule has 1 saturated heterocycles. The van der Waals surface area contributed by atoms with Gasteiger partial charge in [-0.1, -0.05) is 30.3 Å². The van der Waals surface area contributed by atoms with Crippen LogP contribution in [0.4, 0.5) is 4.79 Å². The third-order valence-electron chi connectivity index (χ3n) is 9.33. The number of carbonyl (C=O) groups is 4. The summed E-state index contributed by atoms with van der Waals surface area (Å²) in [5.74, 6) is -0.998. The van der Waals surface area contributed by atoms with Gasteiger partial charge in [0.25, 0.3) is 11.8 Å². The van der Waals surface area contributed by atoms with Crippen LogP contribution in [0.5, 0.6) is 0 Å². The molecule has 2 aliphatic heterocycles. The molecule has 1 N–H and O–H groups in total. The molecule has 11 heteroatoms. The summed E-state index contributed by atoms with van der Waals surface area (Å²) >= 11 is 0. The van der Waals surface area contributed by atoms with Crippen molar-refractivity contribution in [2.24, 2.45) is 5.92 Å². The number of fused-ring (bicyclic) bond motifs is 2. The van der Waals surface area contributed by atoms with Crippen LogP contribution in [0.15, 0.2) is 54.7 Å². The van der Waals surface area contributed by atoms with Crippen LogP contribution in [-0.2, 0) is 27.4 Å². The van der Waals surface area contributed by atoms with Crippen molar-refractivity contribution < 1.29 is 28.7 Å². The van der Waals surface area contributed by atoms with Gasteiger partial charge >= 0.3 is 6.09 Å². The minimum atomic E-state index is -0.681. The number of aromatic nitrogens is 1. The normalized spacial score (nSPS) is 19.6.